The third-order valence-corrected chi connectivity index (χ3v) is 5.90. The van der Waals surface area contributed by atoms with Crippen LogP contribution in [0, 0.1) is 30.9 Å². The summed E-state index contributed by atoms with van der Waals surface area (Å²) in [4.78, 5) is 40.1. The summed E-state index contributed by atoms with van der Waals surface area (Å²) in [6.45, 7) is 7.72. The number of carbonyl (C=O) groups is 2. The van der Waals surface area contributed by atoms with E-state index in [0.717, 1.165) is 33.6 Å². The van der Waals surface area contributed by atoms with Crippen molar-refractivity contribution < 1.29 is 19.2 Å². The van der Waals surface area contributed by atoms with Gasteiger partial charge in [0.2, 0.25) is 0 Å². The number of carbonyl (C=O) groups excluding carboxylic acids is 2. The van der Waals surface area contributed by atoms with Crippen LogP contribution in [0.1, 0.15) is 29.2 Å². The Bertz CT molecular complexity index is 1230. The Labute approximate surface area is 183 Å². The van der Waals surface area contributed by atoms with Gasteiger partial charge in [-0.25, -0.2) is 0 Å². The number of nitro benzene ring substituents is 1. The molecule has 31 heavy (non-hydrogen) atoms. The van der Waals surface area contributed by atoms with E-state index in [1.165, 1.54) is 12.1 Å². The second kappa shape index (κ2) is 9.22. The van der Waals surface area contributed by atoms with E-state index in [1.54, 1.807) is 17.6 Å². The van der Waals surface area contributed by atoms with Gasteiger partial charge < -0.3 is 9.30 Å². The van der Waals surface area contributed by atoms with E-state index in [2.05, 4.69) is 4.99 Å². The molecule has 1 aromatic heterocycles. The predicted molar refractivity (Wildman–Crippen MR) is 118 cm³/mol. The van der Waals surface area contributed by atoms with Gasteiger partial charge in [-0.15, -0.1) is 0 Å². The number of aryl methyl sites for hydroxylation is 3. The normalized spacial score (nSPS) is 11.7. The molecule has 1 amide bonds. The van der Waals surface area contributed by atoms with Crippen LogP contribution in [0.3, 0.4) is 0 Å². The van der Waals surface area contributed by atoms with Gasteiger partial charge in [0.1, 0.15) is 6.54 Å². The number of nitro groups is 1. The summed E-state index contributed by atoms with van der Waals surface area (Å²) in [6, 6.07) is 8.38. The Morgan fingerprint density at radius 3 is 2.45 bits per heavy atom. The number of benzene rings is 2. The molecular formula is C22H23N3O5S. The van der Waals surface area contributed by atoms with Crippen molar-refractivity contribution >= 4 is 39.1 Å². The lowest BCUT2D eigenvalue weighted by atomic mass is 9.97. The van der Waals surface area contributed by atoms with Crippen LogP contribution in [0.2, 0.25) is 0 Å². The number of ether oxygens (including phenoxy) is 1. The van der Waals surface area contributed by atoms with E-state index < -0.39 is 10.9 Å². The van der Waals surface area contributed by atoms with Crippen LogP contribution in [0.25, 0.3) is 10.2 Å². The molecular weight excluding hydrogens is 418 g/mol. The molecule has 1 heterocycles. The second-order valence-corrected chi connectivity index (χ2v) is 8.25. The Morgan fingerprint density at radius 2 is 1.84 bits per heavy atom. The van der Waals surface area contributed by atoms with Gasteiger partial charge in [-0.1, -0.05) is 29.0 Å². The number of aromatic nitrogens is 1. The molecule has 0 saturated carbocycles. The molecule has 0 saturated heterocycles. The minimum Gasteiger partial charge on any atom is -0.465 e. The number of hydrogen-bond acceptors (Lipinski definition) is 6. The van der Waals surface area contributed by atoms with Gasteiger partial charge in [0.05, 0.1) is 28.2 Å². The van der Waals surface area contributed by atoms with Gasteiger partial charge in [0, 0.05) is 12.1 Å². The van der Waals surface area contributed by atoms with Crippen LogP contribution in [0.5, 0.6) is 0 Å². The van der Waals surface area contributed by atoms with Gasteiger partial charge in [-0.05, 0) is 50.5 Å². The fourth-order valence-electron chi connectivity index (χ4n) is 3.54. The Morgan fingerprint density at radius 1 is 1.16 bits per heavy atom. The number of nitrogens with zero attached hydrogens (tertiary/aromatic N) is 3. The van der Waals surface area contributed by atoms with Crippen molar-refractivity contribution in [3.63, 3.8) is 0 Å². The van der Waals surface area contributed by atoms with E-state index >= 15 is 0 Å². The highest BCUT2D eigenvalue weighted by atomic mass is 32.1. The fourth-order valence-corrected chi connectivity index (χ4v) is 4.62. The number of fused-ring (bicyclic) bond motifs is 1. The third-order valence-electron chi connectivity index (χ3n) is 4.86. The summed E-state index contributed by atoms with van der Waals surface area (Å²) in [5.41, 5.74) is 4.60. The lowest BCUT2D eigenvalue weighted by Crippen LogP contribution is -2.23. The Kier molecular flexibility index (Phi) is 6.65. The molecule has 8 nitrogen and oxygen atoms in total. The smallest absolute Gasteiger partial charge is 0.326 e. The molecule has 3 aromatic rings. The van der Waals surface area contributed by atoms with Crippen molar-refractivity contribution in [3.05, 3.63) is 67.5 Å². The van der Waals surface area contributed by atoms with Gasteiger partial charge in [0.25, 0.3) is 11.6 Å². The zero-order chi connectivity index (χ0) is 22.7. The first-order valence-electron chi connectivity index (χ1n) is 9.77. The summed E-state index contributed by atoms with van der Waals surface area (Å²) in [5, 5.41) is 11.1. The quantitative estimate of drug-likeness (QED) is 0.329. The summed E-state index contributed by atoms with van der Waals surface area (Å²) in [7, 11) is 0. The molecule has 0 unspecified atom stereocenters. The summed E-state index contributed by atoms with van der Waals surface area (Å²) in [5.74, 6) is -0.826. The average molecular weight is 442 g/mol. The molecule has 0 bridgehead atoms. The minimum absolute atomic E-state index is 0.0687. The van der Waals surface area contributed by atoms with Crippen molar-refractivity contribution in [2.45, 2.75) is 40.7 Å². The fraction of sp³-hybridized carbons (Fsp3) is 0.318. The minimum atomic E-state index is -0.486. The molecule has 0 aliphatic heterocycles. The van der Waals surface area contributed by atoms with E-state index in [-0.39, 0.29) is 31.2 Å². The maximum Gasteiger partial charge on any atom is 0.326 e. The SMILES string of the molecule is CCOC(=O)Cn1c(=NC(=O)Cc2c(C)cc(C)cc2C)sc2cc([N+](=O)[O-])ccc21. The topological polar surface area (TPSA) is 104 Å². The molecule has 0 radical (unpaired) electrons. The van der Waals surface area contributed by atoms with Crippen molar-refractivity contribution in [1.82, 2.24) is 4.57 Å². The molecule has 0 N–H and O–H groups in total. The number of amides is 1. The monoisotopic (exact) mass is 441 g/mol. The first-order chi connectivity index (χ1) is 14.7. The van der Waals surface area contributed by atoms with Gasteiger partial charge in [0.15, 0.2) is 4.80 Å². The van der Waals surface area contributed by atoms with Crippen molar-refractivity contribution in [2.75, 3.05) is 6.61 Å². The van der Waals surface area contributed by atoms with E-state index in [1.807, 2.05) is 32.9 Å². The molecule has 0 aliphatic carbocycles. The lowest BCUT2D eigenvalue weighted by molar-refractivity contribution is -0.384. The maximum absolute atomic E-state index is 12.8. The highest BCUT2D eigenvalue weighted by molar-refractivity contribution is 7.16. The first kappa shape index (κ1) is 22.4. The van der Waals surface area contributed by atoms with Crippen LogP contribution in [-0.2, 0) is 27.3 Å². The van der Waals surface area contributed by atoms with Gasteiger partial charge >= 0.3 is 5.97 Å². The Hall–Kier alpha value is -3.33. The zero-order valence-corrected chi connectivity index (χ0v) is 18.6. The summed E-state index contributed by atoms with van der Waals surface area (Å²) in [6.07, 6.45) is 0.131. The van der Waals surface area contributed by atoms with E-state index in [4.69, 9.17) is 4.74 Å². The largest absolute Gasteiger partial charge is 0.465 e. The van der Waals surface area contributed by atoms with Gasteiger partial charge in [-0.3, -0.25) is 19.7 Å². The summed E-state index contributed by atoms with van der Waals surface area (Å²) < 4.78 is 7.16. The maximum atomic E-state index is 12.8. The number of esters is 1. The molecule has 0 fully saturated rings. The summed E-state index contributed by atoms with van der Waals surface area (Å²) >= 11 is 1.13. The van der Waals surface area contributed by atoms with E-state index in [9.17, 15) is 19.7 Å². The molecule has 2 aromatic carbocycles. The van der Waals surface area contributed by atoms with Crippen LogP contribution in [-0.4, -0.2) is 28.0 Å². The van der Waals surface area contributed by atoms with Crippen molar-refractivity contribution in [3.8, 4) is 0 Å². The lowest BCUT2D eigenvalue weighted by Gasteiger charge is -2.09. The zero-order valence-electron chi connectivity index (χ0n) is 17.8. The van der Waals surface area contributed by atoms with E-state index in [0.29, 0.717) is 15.0 Å². The van der Waals surface area contributed by atoms with Crippen LogP contribution in [0.4, 0.5) is 5.69 Å². The molecule has 162 valence electrons. The third kappa shape index (κ3) is 5.05. The number of thiazole rings is 1. The average Bonchev–Trinajstić information content (AvgIpc) is 3.01. The van der Waals surface area contributed by atoms with Gasteiger partial charge in [-0.2, -0.15) is 4.99 Å². The number of non-ortho nitro benzene ring substituents is 1. The second-order valence-electron chi connectivity index (χ2n) is 7.24. The number of rotatable bonds is 6. The highest BCUT2D eigenvalue weighted by Gasteiger charge is 2.16. The number of hydrogen-bond donors (Lipinski definition) is 0. The molecule has 3 rings (SSSR count). The molecule has 0 spiro atoms. The van der Waals surface area contributed by atoms with Crippen LogP contribution >= 0.6 is 11.3 Å². The van der Waals surface area contributed by atoms with Crippen LogP contribution < -0.4 is 4.80 Å². The predicted octanol–water partition coefficient (Wildman–Crippen LogP) is 3.77. The standard InChI is InChI=1S/C22H23N3O5S/c1-5-30-21(27)12-24-18-7-6-16(25(28)29)10-19(18)31-22(24)23-20(26)11-17-14(3)8-13(2)9-15(17)4/h6-10H,5,11-12H2,1-4H3. The molecule has 0 atom stereocenters. The first-order valence-corrected chi connectivity index (χ1v) is 10.6. The van der Waals surface area contributed by atoms with Crippen molar-refractivity contribution in [1.29, 1.82) is 0 Å². The van der Waals surface area contributed by atoms with Crippen molar-refractivity contribution in [2.24, 2.45) is 4.99 Å². The molecule has 0 aliphatic rings. The highest BCUT2D eigenvalue weighted by Crippen LogP contribution is 2.23. The van der Waals surface area contributed by atoms with Crippen LogP contribution in [0.15, 0.2) is 35.3 Å². The molecule has 9 heteroatoms. The Balaban J connectivity index is 2.06.